The van der Waals surface area contributed by atoms with E-state index in [4.69, 9.17) is 14.5 Å². The molecule has 0 spiro atoms. The number of carbonyl (C=O) groups excluding carboxylic acids is 2. The van der Waals surface area contributed by atoms with E-state index in [1.165, 1.54) is 14.2 Å². The number of aromatic nitrogens is 2. The maximum absolute atomic E-state index is 12.6. The molecule has 2 aromatic carbocycles. The van der Waals surface area contributed by atoms with Gasteiger partial charge in [0.2, 0.25) is 0 Å². The second-order valence-electron chi connectivity index (χ2n) is 7.52. The number of aliphatic hydroxyl groups excluding tert-OH is 1. The van der Waals surface area contributed by atoms with E-state index in [0.717, 1.165) is 25.7 Å². The molecular formula is C24H28N2O5. The SMILES string of the molecule is CCCCCC[C@H](O)[C@H](C(=O)OC)c1cccc2nc3c(C(=O)OC)cccc3nc12. The fourth-order valence-electron chi connectivity index (χ4n) is 3.83. The highest BCUT2D eigenvalue weighted by molar-refractivity contribution is 6.03. The van der Waals surface area contributed by atoms with Crippen LogP contribution in [0.2, 0.25) is 0 Å². The van der Waals surface area contributed by atoms with Crippen LogP contribution in [0.3, 0.4) is 0 Å². The van der Waals surface area contributed by atoms with Crippen LogP contribution in [-0.4, -0.2) is 47.3 Å². The first kappa shape index (κ1) is 22.6. The van der Waals surface area contributed by atoms with E-state index >= 15 is 0 Å². The monoisotopic (exact) mass is 424 g/mol. The second kappa shape index (κ2) is 10.3. The highest BCUT2D eigenvalue weighted by Gasteiger charge is 2.31. The van der Waals surface area contributed by atoms with Crippen molar-refractivity contribution in [1.29, 1.82) is 0 Å². The van der Waals surface area contributed by atoms with Crippen molar-refractivity contribution in [1.82, 2.24) is 9.97 Å². The average molecular weight is 424 g/mol. The molecule has 2 atom stereocenters. The van der Waals surface area contributed by atoms with Gasteiger partial charge in [0.1, 0.15) is 11.4 Å². The smallest absolute Gasteiger partial charge is 0.340 e. The van der Waals surface area contributed by atoms with Gasteiger partial charge in [-0.05, 0) is 30.2 Å². The van der Waals surface area contributed by atoms with Crippen LogP contribution in [0.15, 0.2) is 36.4 Å². The Morgan fingerprint density at radius 1 is 0.935 bits per heavy atom. The first-order valence-corrected chi connectivity index (χ1v) is 10.5. The van der Waals surface area contributed by atoms with Crippen LogP contribution in [-0.2, 0) is 14.3 Å². The van der Waals surface area contributed by atoms with Crippen molar-refractivity contribution in [2.45, 2.75) is 51.0 Å². The van der Waals surface area contributed by atoms with Crippen LogP contribution < -0.4 is 0 Å². The summed E-state index contributed by atoms with van der Waals surface area (Å²) in [6, 6.07) is 10.4. The summed E-state index contributed by atoms with van der Waals surface area (Å²) in [7, 11) is 2.63. The van der Waals surface area contributed by atoms with Gasteiger partial charge < -0.3 is 14.6 Å². The third kappa shape index (κ3) is 4.82. The Kier molecular flexibility index (Phi) is 7.52. The molecule has 0 fully saturated rings. The standard InChI is InChI=1S/C24H28N2O5/c1-4-5-6-7-14-19(27)20(24(29)31-3)15-10-8-12-17-21(15)25-18-13-9-11-16(22(18)26-17)23(28)30-2/h8-13,19-20,27H,4-7,14H2,1-3H3/t19-,20+/m0/s1. The van der Waals surface area contributed by atoms with Crippen molar-refractivity contribution in [2.24, 2.45) is 0 Å². The van der Waals surface area contributed by atoms with Crippen LogP contribution in [0, 0.1) is 0 Å². The number of hydrogen-bond donors (Lipinski definition) is 1. The van der Waals surface area contributed by atoms with Gasteiger partial charge in [-0.2, -0.15) is 0 Å². The van der Waals surface area contributed by atoms with Crippen molar-refractivity contribution in [3.63, 3.8) is 0 Å². The van der Waals surface area contributed by atoms with Crippen molar-refractivity contribution in [3.8, 4) is 0 Å². The number of para-hydroxylation sites is 2. The second-order valence-corrected chi connectivity index (χ2v) is 7.52. The number of rotatable bonds is 9. The van der Waals surface area contributed by atoms with E-state index < -0.39 is 24.0 Å². The molecule has 0 amide bonds. The number of benzene rings is 2. The molecule has 7 nitrogen and oxygen atoms in total. The molecular weight excluding hydrogens is 396 g/mol. The molecule has 31 heavy (non-hydrogen) atoms. The number of esters is 2. The number of nitrogens with zero attached hydrogens (tertiary/aromatic N) is 2. The van der Waals surface area contributed by atoms with Gasteiger partial charge in [-0.3, -0.25) is 4.79 Å². The topological polar surface area (TPSA) is 98.6 Å². The molecule has 0 aliphatic heterocycles. The minimum atomic E-state index is -0.895. The zero-order valence-corrected chi connectivity index (χ0v) is 18.1. The van der Waals surface area contributed by atoms with E-state index in [2.05, 4.69) is 11.9 Å². The van der Waals surface area contributed by atoms with Gasteiger partial charge in [-0.1, -0.05) is 50.8 Å². The van der Waals surface area contributed by atoms with Gasteiger partial charge in [0.15, 0.2) is 0 Å². The van der Waals surface area contributed by atoms with Gasteiger partial charge in [0.05, 0.1) is 42.4 Å². The summed E-state index contributed by atoms with van der Waals surface area (Å²) in [6.45, 7) is 2.12. The van der Waals surface area contributed by atoms with Crippen LogP contribution in [0.4, 0.5) is 0 Å². The summed E-state index contributed by atoms with van der Waals surface area (Å²) in [5.74, 6) is -1.88. The van der Waals surface area contributed by atoms with Crippen LogP contribution in [0.5, 0.6) is 0 Å². The van der Waals surface area contributed by atoms with Crippen LogP contribution in [0.25, 0.3) is 22.1 Å². The van der Waals surface area contributed by atoms with Crippen molar-refractivity contribution >= 4 is 34.0 Å². The fraction of sp³-hybridized carbons (Fsp3) is 0.417. The largest absolute Gasteiger partial charge is 0.468 e. The van der Waals surface area contributed by atoms with Gasteiger partial charge in [-0.25, -0.2) is 14.8 Å². The molecule has 1 heterocycles. The third-order valence-electron chi connectivity index (χ3n) is 5.46. The summed E-state index contributed by atoms with van der Waals surface area (Å²) in [5, 5.41) is 10.9. The minimum Gasteiger partial charge on any atom is -0.468 e. The Labute approximate surface area is 181 Å². The molecule has 164 valence electrons. The molecule has 0 bridgehead atoms. The van der Waals surface area contributed by atoms with E-state index in [1.54, 1.807) is 36.4 Å². The number of aliphatic hydroxyl groups is 1. The van der Waals surface area contributed by atoms with E-state index in [-0.39, 0.29) is 0 Å². The highest BCUT2D eigenvalue weighted by atomic mass is 16.5. The average Bonchev–Trinajstić information content (AvgIpc) is 2.79. The van der Waals surface area contributed by atoms with Gasteiger partial charge in [-0.15, -0.1) is 0 Å². The summed E-state index contributed by atoms with van der Waals surface area (Å²) < 4.78 is 9.86. The molecule has 1 N–H and O–H groups in total. The molecule has 0 unspecified atom stereocenters. The van der Waals surface area contributed by atoms with Crippen LogP contribution >= 0.6 is 0 Å². The lowest BCUT2D eigenvalue weighted by Gasteiger charge is -2.22. The van der Waals surface area contributed by atoms with Crippen molar-refractivity contribution < 1.29 is 24.2 Å². The number of unbranched alkanes of at least 4 members (excludes halogenated alkanes) is 3. The molecule has 0 saturated carbocycles. The molecule has 0 aliphatic rings. The molecule has 0 saturated heterocycles. The zero-order chi connectivity index (χ0) is 22.4. The number of carbonyl (C=O) groups is 2. The van der Waals surface area contributed by atoms with Gasteiger partial charge in [0.25, 0.3) is 0 Å². The van der Waals surface area contributed by atoms with Gasteiger partial charge >= 0.3 is 11.9 Å². The number of fused-ring (bicyclic) bond motifs is 2. The molecule has 0 aliphatic carbocycles. The normalized spacial score (nSPS) is 13.2. The Morgan fingerprint density at radius 2 is 1.61 bits per heavy atom. The van der Waals surface area contributed by atoms with E-state index in [0.29, 0.717) is 39.6 Å². The number of methoxy groups -OCH3 is 2. The minimum absolute atomic E-state index is 0.320. The summed E-state index contributed by atoms with van der Waals surface area (Å²) in [6.07, 6.45) is 3.60. The number of ether oxygens (including phenoxy) is 2. The Morgan fingerprint density at radius 3 is 2.29 bits per heavy atom. The quantitative estimate of drug-likeness (QED) is 0.313. The lowest BCUT2D eigenvalue weighted by Crippen LogP contribution is -2.27. The molecule has 3 aromatic rings. The van der Waals surface area contributed by atoms with Gasteiger partial charge in [0, 0.05) is 0 Å². The van der Waals surface area contributed by atoms with E-state index in [1.807, 2.05) is 0 Å². The molecule has 0 radical (unpaired) electrons. The van der Waals surface area contributed by atoms with E-state index in [9.17, 15) is 14.7 Å². The molecule has 1 aromatic heterocycles. The Balaban J connectivity index is 2.09. The lowest BCUT2D eigenvalue weighted by atomic mass is 9.89. The predicted octanol–water partition coefficient (Wildman–Crippen LogP) is 4.16. The molecule has 7 heteroatoms. The summed E-state index contributed by atoms with van der Waals surface area (Å²) >= 11 is 0. The maximum atomic E-state index is 12.6. The first-order chi connectivity index (χ1) is 15.0. The van der Waals surface area contributed by atoms with Crippen molar-refractivity contribution in [2.75, 3.05) is 14.2 Å². The Hall–Kier alpha value is -3.06. The predicted molar refractivity (Wildman–Crippen MR) is 118 cm³/mol. The highest BCUT2D eigenvalue weighted by Crippen LogP contribution is 2.31. The Bertz CT molecular complexity index is 1080. The first-order valence-electron chi connectivity index (χ1n) is 10.5. The third-order valence-corrected chi connectivity index (χ3v) is 5.46. The van der Waals surface area contributed by atoms with Crippen molar-refractivity contribution in [3.05, 3.63) is 47.5 Å². The van der Waals surface area contributed by atoms with Crippen LogP contribution in [0.1, 0.15) is 60.9 Å². The zero-order valence-electron chi connectivity index (χ0n) is 18.1. The number of hydrogen-bond acceptors (Lipinski definition) is 7. The maximum Gasteiger partial charge on any atom is 0.340 e. The fourth-order valence-corrected chi connectivity index (χ4v) is 3.83. The summed E-state index contributed by atoms with van der Waals surface area (Å²) in [4.78, 5) is 34.1. The lowest BCUT2D eigenvalue weighted by molar-refractivity contribution is -0.145. The molecule has 3 rings (SSSR count). The summed E-state index contributed by atoms with van der Waals surface area (Å²) in [5.41, 5.74) is 2.83.